The number of anilines is 1. The zero-order chi connectivity index (χ0) is 43.5. The zero-order valence-corrected chi connectivity index (χ0v) is 36.1. The summed E-state index contributed by atoms with van der Waals surface area (Å²) in [6.07, 6.45) is 8.99. The molecule has 2 aliphatic carbocycles. The number of nitrogens with one attached hydrogen (secondary N) is 2. The molecule has 0 radical (unpaired) electrons. The normalized spacial score (nSPS) is 16.9. The van der Waals surface area contributed by atoms with E-state index in [4.69, 9.17) is 0 Å². The van der Waals surface area contributed by atoms with Crippen LogP contribution in [0.5, 0.6) is 0 Å². The van der Waals surface area contributed by atoms with Crippen LogP contribution in [-0.4, -0.2) is 42.3 Å². The lowest BCUT2D eigenvalue weighted by Gasteiger charge is -2.30. The van der Waals surface area contributed by atoms with E-state index in [0.717, 1.165) is 101 Å². The Morgan fingerprint density at radius 3 is 1.84 bits per heavy atom. The fourth-order valence-corrected chi connectivity index (χ4v) is 10.2. The Labute approximate surface area is 370 Å². The van der Waals surface area contributed by atoms with Gasteiger partial charge in [-0.05, 0) is 162 Å². The third-order valence-corrected chi connectivity index (χ3v) is 13.5. The second kappa shape index (κ2) is 19.4. The van der Waals surface area contributed by atoms with E-state index in [9.17, 15) is 34.8 Å². The first kappa shape index (κ1) is 46.0. The first-order valence-electron chi connectivity index (χ1n) is 21.0. The fraction of sp³-hybridized carbons (Fsp3) is 0.333. The summed E-state index contributed by atoms with van der Waals surface area (Å²) in [5.74, 6) is 0.127. The van der Waals surface area contributed by atoms with Crippen molar-refractivity contribution >= 4 is 39.6 Å². The van der Waals surface area contributed by atoms with Gasteiger partial charge in [0.15, 0.2) is 5.82 Å². The molecule has 15 heteroatoms. The van der Waals surface area contributed by atoms with E-state index >= 15 is 0 Å². The van der Waals surface area contributed by atoms with Crippen molar-refractivity contribution in [1.82, 2.24) is 19.6 Å². The number of fused-ring (bicyclic) bond motifs is 2. The van der Waals surface area contributed by atoms with E-state index in [-0.39, 0.29) is 31.3 Å². The van der Waals surface area contributed by atoms with Gasteiger partial charge in [0.1, 0.15) is 0 Å². The molecule has 0 saturated carbocycles. The molecule has 332 valence electrons. The Morgan fingerprint density at radius 1 is 0.635 bits per heavy atom. The summed E-state index contributed by atoms with van der Waals surface area (Å²) in [6, 6.07) is 20.1. The van der Waals surface area contributed by atoms with Crippen LogP contribution in [0.15, 0.2) is 104 Å². The molecule has 0 bridgehead atoms. The van der Waals surface area contributed by atoms with E-state index in [1.165, 1.54) is 64.7 Å². The van der Waals surface area contributed by atoms with Gasteiger partial charge in [-0.15, -0.1) is 12.4 Å². The molecular weight excluding hydrogens is 860 g/mol. The molecular formula is C48H48ClF6N5O2S. The van der Waals surface area contributed by atoms with Crippen LogP contribution in [0.2, 0.25) is 0 Å². The van der Waals surface area contributed by atoms with Gasteiger partial charge in [-0.1, -0.05) is 60.7 Å². The molecule has 7 nitrogen and oxygen atoms in total. The first-order valence-corrected chi connectivity index (χ1v) is 22.5. The molecule has 63 heavy (non-hydrogen) atoms. The topological polar surface area (TPSA) is 87.2 Å². The Hall–Kier alpha value is -5.02. The molecule has 0 fully saturated rings. The van der Waals surface area contributed by atoms with Gasteiger partial charge in [0.2, 0.25) is 0 Å². The SMILES string of the molecule is Cl.FC(F)(F)c1ccc(-c2cccc3c2CCCC3)c(C2=CCCCC2)c1.O=S(=O)(Nc1cnccn1)N1CCc2c(cccc2-c2ccc(C(F)(F)F)cc2C2=CCNCC2)C1. The third kappa shape index (κ3) is 10.5. The minimum absolute atomic E-state index is 0. The second-order valence-corrected chi connectivity index (χ2v) is 17.7. The number of rotatable bonds is 7. The molecule has 0 unspecified atom stereocenters. The lowest BCUT2D eigenvalue weighted by molar-refractivity contribution is -0.138. The van der Waals surface area contributed by atoms with E-state index in [2.05, 4.69) is 44.3 Å². The maximum atomic E-state index is 13.5. The fourth-order valence-electron chi connectivity index (χ4n) is 9.02. The van der Waals surface area contributed by atoms with Crippen molar-refractivity contribution in [1.29, 1.82) is 0 Å². The standard InChI is InChI=1S/C25H24F3N5O2S.C23H23F3.ClH/c26-25(27,28)19-4-5-22(23(14-19)17-6-9-29-10-7-17)21-3-1-2-18-16-33(13-8-20(18)21)36(34,35)32-24-15-30-11-12-31-24;24-23(25,26)18-13-14-21(22(15-18)17-7-2-1-3-8-17)20-12-6-10-16-9-4-5-11-19(16)20;/h1-6,11-12,14-15,29H,7-10,13,16H2,(H,31,32);6-7,10,12-15H,1-5,8-9,11H2;1H. The third-order valence-electron chi connectivity index (χ3n) is 12.1. The average Bonchev–Trinajstić information content (AvgIpc) is 3.28. The lowest BCUT2D eigenvalue weighted by atomic mass is 9.82. The van der Waals surface area contributed by atoms with Gasteiger partial charge in [0.25, 0.3) is 0 Å². The summed E-state index contributed by atoms with van der Waals surface area (Å²) in [4.78, 5) is 7.84. The maximum absolute atomic E-state index is 13.5. The highest BCUT2D eigenvalue weighted by Gasteiger charge is 2.34. The molecule has 4 aromatic carbocycles. The minimum atomic E-state index is -4.44. The Bertz CT molecular complexity index is 2610. The highest BCUT2D eigenvalue weighted by atomic mass is 35.5. The van der Waals surface area contributed by atoms with Crippen molar-refractivity contribution in [3.8, 4) is 22.3 Å². The average molecular weight is 908 g/mol. The Morgan fingerprint density at radius 2 is 1.25 bits per heavy atom. The van der Waals surface area contributed by atoms with Crippen molar-refractivity contribution in [2.24, 2.45) is 0 Å². The largest absolute Gasteiger partial charge is 0.416 e. The van der Waals surface area contributed by atoms with Crippen molar-refractivity contribution in [3.63, 3.8) is 0 Å². The Balaban J connectivity index is 0.000000195. The number of alkyl halides is 6. The van der Waals surface area contributed by atoms with Crippen molar-refractivity contribution in [2.45, 2.75) is 83.1 Å². The van der Waals surface area contributed by atoms with Crippen LogP contribution in [0, 0.1) is 0 Å². The Kier molecular flexibility index (Phi) is 14.1. The number of halogens is 7. The van der Waals surface area contributed by atoms with E-state index in [1.54, 1.807) is 6.07 Å². The molecule has 1 aromatic heterocycles. The molecule has 2 aliphatic heterocycles. The van der Waals surface area contributed by atoms with E-state index < -0.39 is 33.7 Å². The quantitative estimate of drug-likeness (QED) is 0.159. The molecule has 4 aliphatic rings. The minimum Gasteiger partial charge on any atom is -0.313 e. The van der Waals surface area contributed by atoms with Crippen molar-refractivity contribution in [2.75, 3.05) is 24.4 Å². The van der Waals surface area contributed by atoms with E-state index in [0.29, 0.717) is 31.5 Å². The van der Waals surface area contributed by atoms with Gasteiger partial charge < -0.3 is 5.32 Å². The molecule has 3 heterocycles. The number of hydrogen-bond donors (Lipinski definition) is 2. The van der Waals surface area contributed by atoms with Crippen molar-refractivity contribution in [3.05, 3.63) is 148 Å². The van der Waals surface area contributed by atoms with Crippen LogP contribution < -0.4 is 10.0 Å². The van der Waals surface area contributed by atoms with Gasteiger partial charge in [-0.3, -0.25) is 9.71 Å². The molecule has 9 rings (SSSR count). The van der Waals surface area contributed by atoms with Gasteiger partial charge in [-0.2, -0.15) is 39.1 Å². The number of aromatic nitrogens is 2. The van der Waals surface area contributed by atoms with Gasteiger partial charge in [-0.25, -0.2) is 4.98 Å². The number of aryl methyl sites for hydroxylation is 1. The molecule has 0 spiro atoms. The van der Waals surface area contributed by atoms with Crippen LogP contribution in [0.4, 0.5) is 32.2 Å². The molecule has 5 aromatic rings. The molecule has 0 amide bonds. The van der Waals surface area contributed by atoms with Gasteiger partial charge >= 0.3 is 22.6 Å². The summed E-state index contributed by atoms with van der Waals surface area (Å²) in [5.41, 5.74) is 10.1. The molecule has 2 N–H and O–H groups in total. The highest BCUT2D eigenvalue weighted by Crippen LogP contribution is 2.43. The predicted molar refractivity (Wildman–Crippen MR) is 238 cm³/mol. The maximum Gasteiger partial charge on any atom is 0.416 e. The highest BCUT2D eigenvalue weighted by molar-refractivity contribution is 7.90. The lowest BCUT2D eigenvalue weighted by Crippen LogP contribution is -2.39. The van der Waals surface area contributed by atoms with Gasteiger partial charge in [0.05, 0.1) is 17.3 Å². The number of nitrogens with zero attached hydrogens (tertiary/aromatic N) is 3. The second-order valence-electron chi connectivity index (χ2n) is 16.0. The monoisotopic (exact) mass is 907 g/mol. The first-order chi connectivity index (χ1) is 29.8. The summed E-state index contributed by atoms with van der Waals surface area (Å²) >= 11 is 0. The zero-order valence-electron chi connectivity index (χ0n) is 34.5. The van der Waals surface area contributed by atoms with Gasteiger partial charge in [0, 0.05) is 32.0 Å². The number of allylic oxidation sites excluding steroid dienone is 2. The smallest absolute Gasteiger partial charge is 0.313 e. The summed E-state index contributed by atoms with van der Waals surface area (Å²) in [6.45, 7) is 1.66. The van der Waals surface area contributed by atoms with Crippen molar-refractivity contribution < 1.29 is 34.8 Å². The molecule has 0 saturated heterocycles. The number of benzene rings is 4. The summed E-state index contributed by atoms with van der Waals surface area (Å²) < 4.78 is 110. The van der Waals surface area contributed by atoms with E-state index in [1.807, 2.05) is 24.3 Å². The van der Waals surface area contributed by atoms with Crippen LogP contribution >= 0.6 is 12.4 Å². The number of hydrogen-bond acceptors (Lipinski definition) is 5. The van der Waals surface area contributed by atoms with Crippen LogP contribution in [0.25, 0.3) is 33.4 Å². The summed E-state index contributed by atoms with van der Waals surface area (Å²) in [7, 11) is -3.86. The predicted octanol–water partition coefficient (Wildman–Crippen LogP) is 11.9. The van der Waals surface area contributed by atoms with Crippen LogP contribution in [0.1, 0.15) is 89.5 Å². The summed E-state index contributed by atoms with van der Waals surface area (Å²) in [5, 5.41) is 3.20. The molecule has 0 atom stereocenters. The van der Waals surface area contributed by atoms with Crippen LogP contribution in [-0.2, 0) is 48.4 Å². The van der Waals surface area contributed by atoms with Crippen LogP contribution in [0.3, 0.4) is 0 Å².